The number of nitrogens with one attached hydrogen (secondary N) is 2. The molecule has 0 saturated carbocycles. The van der Waals surface area contributed by atoms with Gasteiger partial charge in [0.2, 0.25) is 0 Å². The largest absolute Gasteiger partial charge is 0.390 e. The minimum atomic E-state index is -4.04. The van der Waals surface area contributed by atoms with Crippen LogP contribution in [0.5, 0.6) is 0 Å². The summed E-state index contributed by atoms with van der Waals surface area (Å²) in [6.45, 7) is 5.42. The first-order valence-electron chi connectivity index (χ1n) is 4.96. The van der Waals surface area contributed by atoms with Gasteiger partial charge < -0.3 is 10.6 Å². The SMILES string of the molecule is CCC(C)NCCNCCC(F)(F)F. The van der Waals surface area contributed by atoms with Crippen LogP contribution in [0.3, 0.4) is 0 Å². The Balaban J connectivity index is 3.14. The summed E-state index contributed by atoms with van der Waals surface area (Å²) < 4.78 is 35.1. The average molecular weight is 212 g/mol. The summed E-state index contributed by atoms with van der Waals surface area (Å²) in [7, 11) is 0. The highest BCUT2D eigenvalue weighted by molar-refractivity contribution is 4.60. The van der Waals surface area contributed by atoms with Gasteiger partial charge in [0, 0.05) is 25.7 Å². The van der Waals surface area contributed by atoms with Crippen molar-refractivity contribution in [1.82, 2.24) is 10.6 Å². The molecule has 0 aromatic heterocycles. The third-order valence-corrected chi connectivity index (χ3v) is 1.99. The highest BCUT2D eigenvalue weighted by Crippen LogP contribution is 2.17. The molecule has 0 aliphatic heterocycles. The van der Waals surface area contributed by atoms with Gasteiger partial charge in [-0.05, 0) is 13.3 Å². The molecule has 0 aromatic rings. The highest BCUT2D eigenvalue weighted by Gasteiger charge is 2.25. The van der Waals surface area contributed by atoms with Crippen molar-refractivity contribution in [2.75, 3.05) is 19.6 Å². The molecule has 0 fully saturated rings. The minimum Gasteiger partial charge on any atom is -0.315 e. The second-order valence-electron chi connectivity index (χ2n) is 3.38. The lowest BCUT2D eigenvalue weighted by Gasteiger charge is -2.12. The first-order chi connectivity index (χ1) is 6.45. The van der Waals surface area contributed by atoms with E-state index >= 15 is 0 Å². The molecule has 0 amide bonds. The van der Waals surface area contributed by atoms with Crippen molar-refractivity contribution in [2.24, 2.45) is 0 Å². The van der Waals surface area contributed by atoms with Crippen LogP contribution < -0.4 is 10.6 Å². The molecule has 0 aliphatic carbocycles. The average Bonchev–Trinajstić information content (AvgIpc) is 2.08. The van der Waals surface area contributed by atoms with E-state index in [2.05, 4.69) is 24.5 Å². The third-order valence-electron chi connectivity index (χ3n) is 1.99. The molecule has 5 heteroatoms. The predicted octanol–water partition coefficient (Wildman–Crippen LogP) is 1.92. The molecular formula is C9H19F3N2. The predicted molar refractivity (Wildman–Crippen MR) is 51.3 cm³/mol. The summed E-state index contributed by atoms with van der Waals surface area (Å²) in [6.07, 6.45) is -3.77. The normalized spacial score (nSPS) is 14.4. The quantitative estimate of drug-likeness (QED) is 0.630. The standard InChI is InChI=1S/C9H19F3N2/c1-3-8(2)14-7-6-13-5-4-9(10,11)12/h8,13-14H,3-7H2,1-2H3. The maximum atomic E-state index is 11.7. The first-order valence-corrected chi connectivity index (χ1v) is 4.96. The van der Waals surface area contributed by atoms with Crippen molar-refractivity contribution in [3.8, 4) is 0 Å². The van der Waals surface area contributed by atoms with Crippen molar-refractivity contribution < 1.29 is 13.2 Å². The van der Waals surface area contributed by atoms with Gasteiger partial charge in [0.05, 0.1) is 6.42 Å². The Morgan fingerprint density at radius 3 is 2.29 bits per heavy atom. The summed E-state index contributed by atoms with van der Waals surface area (Å²) in [5, 5.41) is 5.93. The van der Waals surface area contributed by atoms with Crippen molar-refractivity contribution in [1.29, 1.82) is 0 Å². The van der Waals surface area contributed by atoms with Crippen LogP contribution in [0.15, 0.2) is 0 Å². The van der Waals surface area contributed by atoms with Crippen LogP contribution in [0, 0.1) is 0 Å². The van der Waals surface area contributed by atoms with Gasteiger partial charge in [0.1, 0.15) is 0 Å². The Kier molecular flexibility index (Phi) is 6.92. The first kappa shape index (κ1) is 13.7. The summed E-state index contributed by atoms with van der Waals surface area (Å²) in [6, 6.07) is 0.430. The molecule has 0 saturated heterocycles. The zero-order valence-corrected chi connectivity index (χ0v) is 8.75. The molecular weight excluding hydrogens is 193 g/mol. The molecule has 2 N–H and O–H groups in total. The molecule has 0 bridgehead atoms. The monoisotopic (exact) mass is 212 g/mol. The molecule has 1 atom stereocenters. The molecule has 0 radical (unpaired) electrons. The Hall–Kier alpha value is -0.290. The van der Waals surface area contributed by atoms with E-state index in [1.807, 2.05) is 0 Å². The summed E-state index contributed by atoms with van der Waals surface area (Å²) in [5.74, 6) is 0. The van der Waals surface area contributed by atoms with Gasteiger partial charge >= 0.3 is 6.18 Å². The van der Waals surface area contributed by atoms with Crippen LogP contribution in [-0.4, -0.2) is 31.9 Å². The van der Waals surface area contributed by atoms with Gasteiger partial charge in [-0.2, -0.15) is 13.2 Å². The van der Waals surface area contributed by atoms with Crippen molar-refractivity contribution in [3.05, 3.63) is 0 Å². The maximum Gasteiger partial charge on any atom is 0.390 e. The lowest BCUT2D eigenvalue weighted by Crippen LogP contribution is -2.34. The van der Waals surface area contributed by atoms with Gasteiger partial charge in [0.15, 0.2) is 0 Å². The van der Waals surface area contributed by atoms with E-state index in [0.717, 1.165) is 6.42 Å². The summed E-state index contributed by atoms with van der Waals surface area (Å²) >= 11 is 0. The fourth-order valence-electron chi connectivity index (χ4n) is 0.906. The third kappa shape index (κ3) is 9.80. The Labute approximate surface area is 83.3 Å². The molecule has 14 heavy (non-hydrogen) atoms. The fraction of sp³-hybridized carbons (Fsp3) is 1.00. The molecule has 86 valence electrons. The number of alkyl halides is 3. The van der Waals surface area contributed by atoms with E-state index in [1.165, 1.54) is 0 Å². The molecule has 0 aromatic carbocycles. The Morgan fingerprint density at radius 1 is 1.14 bits per heavy atom. The molecule has 0 spiro atoms. The molecule has 0 aliphatic rings. The molecule has 1 unspecified atom stereocenters. The van der Waals surface area contributed by atoms with Crippen LogP contribution in [-0.2, 0) is 0 Å². The van der Waals surface area contributed by atoms with E-state index < -0.39 is 12.6 Å². The molecule has 0 heterocycles. The van der Waals surface area contributed by atoms with E-state index in [-0.39, 0.29) is 6.54 Å². The second-order valence-corrected chi connectivity index (χ2v) is 3.38. The van der Waals surface area contributed by atoms with Gasteiger partial charge in [0.25, 0.3) is 0 Å². The number of rotatable bonds is 7. The maximum absolute atomic E-state index is 11.7. The summed E-state index contributed by atoms with van der Waals surface area (Å²) in [4.78, 5) is 0. The smallest absolute Gasteiger partial charge is 0.315 e. The fourth-order valence-corrected chi connectivity index (χ4v) is 0.906. The highest BCUT2D eigenvalue weighted by atomic mass is 19.4. The van der Waals surface area contributed by atoms with Crippen LogP contribution in [0.2, 0.25) is 0 Å². The van der Waals surface area contributed by atoms with Crippen LogP contribution in [0.4, 0.5) is 13.2 Å². The Bertz CT molecular complexity index is 137. The van der Waals surface area contributed by atoms with Crippen LogP contribution in [0.25, 0.3) is 0 Å². The lowest BCUT2D eigenvalue weighted by atomic mass is 10.2. The van der Waals surface area contributed by atoms with Crippen LogP contribution in [0.1, 0.15) is 26.7 Å². The minimum absolute atomic E-state index is 0.00564. The zero-order chi connectivity index (χ0) is 11.0. The topological polar surface area (TPSA) is 24.1 Å². The van der Waals surface area contributed by atoms with Gasteiger partial charge in [-0.3, -0.25) is 0 Å². The van der Waals surface area contributed by atoms with Crippen molar-refractivity contribution in [2.45, 2.75) is 38.9 Å². The van der Waals surface area contributed by atoms with E-state index in [4.69, 9.17) is 0 Å². The molecule has 2 nitrogen and oxygen atoms in total. The number of halogens is 3. The number of hydrogen-bond acceptors (Lipinski definition) is 2. The van der Waals surface area contributed by atoms with Gasteiger partial charge in [-0.1, -0.05) is 6.92 Å². The van der Waals surface area contributed by atoms with E-state index in [9.17, 15) is 13.2 Å². The van der Waals surface area contributed by atoms with Crippen molar-refractivity contribution >= 4 is 0 Å². The summed E-state index contributed by atoms with van der Waals surface area (Å²) in [5.41, 5.74) is 0. The number of hydrogen-bond donors (Lipinski definition) is 2. The lowest BCUT2D eigenvalue weighted by molar-refractivity contribution is -0.133. The van der Waals surface area contributed by atoms with Gasteiger partial charge in [-0.15, -0.1) is 0 Å². The zero-order valence-electron chi connectivity index (χ0n) is 8.75. The van der Waals surface area contributed by atoms with E-state index in [1.54, 1.807) is 0 Å². The Morgan fingerprint density at radius 2 is 1.79 bits per heavy atom. The van der Waals surface area contributed by atoms with Gasteiger partial charge in [-0.25, -0.2) is 0 Å². The van der Waals surface area contributed by atoms with Crippen molar-refractivity contribution in [3.63, 3.8) is 0 Å². The molecule has 0 rings (SSSR count). The van der Waals surface area contributed by atoms with Crippen LogP contribution >= 0.6 is 0 Å². The van der Waals surface area contributed by atoms with E-state index in [0.29, 0.717) is 19.1 Å². The second kappa shape index (κ2) is 7.06.